The molecule has 24 heavy (non-hydrogen) atoms. The number of carbonyl (C=O) groups excluding carboxylic acids is 1. The number of aryl methyl sites for hydroxylation is 2. The summed E-state index contributed by atoms with van der Waals surface area (Å²) in [5, 5.41) is 6.15. The summed E-state index contributed by atoms with van der Waals surface area (Å²) in [7, 11) is -3.16. The molecule has 0 saturated carbocycles. The van der Waals surface area contributed by atoms with Crippen LogP contribution < -0.4 is 0 Å². The predicted molar refractivity (Wildman–Crippen MR) is 94.0 cm³/mol. The standard InChI is InChI=1S/C16H21N3O3S2/c1-3-12-5-7-23-15(12)16(20)19-6-8-24(21,22)11-14(19)13-9-17-18(4-2)10-13/h5,7,9-10,14H,3-4,6,8,11H2,1-2H3/t14-/m0/s1. The van der Waals surface area contributed by atoms with E-state index in [4.69, 9.17) is 0 Å². The van der Waals surface area contributed by atoms with Crippen molar-refractivity contribution in [2.24, 2.45) is 0 Å². The summed E-state index contributed by atoms with van der Waals surface area (Å²) in [5.41, 5.74) is 1.80. The number of sulfone groups is 1. The van der Waals surface area contributed by atoms with Gasteiger partial charge >= 0.3 is 0 Å². The number of rotatable bonds is 4. The molecule has 0 spiro atoms. The zero-order chi connectivity index (χ0) is 17.3. The fourth-order valence-corrected chi connectivity index (χ4v) is 5.43. The van der Waals surface area contributed by atoms with Crippen molar-refractivity contribution in [3.63, 3.8) is 0 Å². The van der Waals surface area contributed by atoms with Gasteiger partial charge in [-0.2, -0.15) is 5.10 Å². The van der Waals surface area contributed by atoms with Crippen LogP contribution >= 0.6 is 11.3 Å². The van der Waals surface area contributed by atoms with E-state index in [1.165, 1.54) is 11.3 Å². The van der Waals surface area contributed by atoms with Gasteiger partial charge in [0.1, 0.15) is 0 Å². The monoisotopic (exact) mass is 367 g/mol. The maximum Gasteiger partial charge on any atom is 0.264 e. The van der Waals surface area contributed by atoms with Crippen LogP contribution in [0.15, 0.2) is 23.8 Å². The van der Waals surface area contributed by atoms with E-state index < -0.39 is 15.9 Å². The molecule has 0 aliphatic carbocycles. The van der Waals surface area contributed by atoms with Gasteiger partial charge in [0.05, 0.1) is 28.6 Å². The van der Waals surface area contributed by atoms with Crippen molar-refractivity contribution < 1.29 is 13.2 Å². The second-order valence-electron chi connectivity index (χ2n) is 5.89. The number of hydrogen-bond donors (Lipinski definition) is 0. The maximum absolute atomic E-state index is 13.0. The Balaban J connectivity index is 1.96. The first-order chi connectivity index (χ1) is 11.4. The Morgan fingerprint density at radius 2 is 2.21 bits per heavy atom. The van der Waals surface area contributed by atoms with Crippen LogP contribution in [-0.4, -0.2) is 47.1 Å². The molecule has 3 heterocycles. The molecule has 1 atom stereocenters. The second-order valence-corrected chi connectivity index (χ2v) is 9.03. The van der Waals surface area contributed by atoms with Crippen LogP contribution in [0.4, 0.5) is 0 Å². The minimum Gasteiger partial charge on any atom is -0.329 e. The zero-order valence-corrected chi connectivity index (χ0v) is 15.4. The van der Waals surface area contributed by atoms with E-state index >= 15 is 0 Å². The summed E-state index contributed by atoms with van der Waals surface area (Å²) in [4.78, 5) is 15.4. The van der Waals surface area contributed by atoms with Crippen LogP contribution in [0.2, 0.25) is 0 Å². The molecule has 8 heteroatoms. The van der Waals surface area contributed by atoms with Gasteiger partial charge < -0.3 is 4.90 Å². The second kappa shape index (κ2) is 6.68. The van der Waals surface area contributed by atoms with E-state index in [9.17, 15) is 13.2 Å². The molecule has 1 aliphatic heterocycles. The molecular weight excluding hydrogens is 346 g/mol. The Bertz CT molecular complexity index is 838. The van der Waals surface area contributed by atoms with Crippen molar-refractivity contribution >= 4 is 27.1 Å². The summed E-state index contributed by atoms with van der Waals surface area (Å²) < 4.78 is 26.0. The Kier molecular flexibility index (Phi) is 4.78. The number of nitrogens with zero attached hydrogens (tertiary/aromatic N) is 3. The maximum atomic E-state index is 13.0. The Labute approximate surface area is 146 Å². The number of hydrogen-bond acceptors (Lipinski definition) is 5. The van der Waals surface area contributed by atoms with E-state index in [0.717, 1.165) is 17.5 Å². The van der Waals surface area contributed by atoms with Crippen LogP contribution in [0.5, 0.6) is 0 Å². The molecule has 130 valence electrons. The number of thiophene rings is 1. The van der Waals surface area contributed by atoms with E-state index in [2.05, 4.69) is 5.10 Å². The highest BCUT2D eigenvalue weighted by Gasteiger charge is 2.37. The van der Waals surface area contributed by atoms with Gasteiger partial charge in [-0.15, -0.1) is 11.3 Å². The fraction of sp³-hybridized carbons (Fsp3) is 0.500. The van der Waals surface area contributed by atoms with Crippen molar-refractivity contribution in [2.45, 2.75) is 32.9 Å². The van der Waals surface area contributed by atoms with Gasteiger partial charge in [0.25, 0.3) is 5.91 Å². The van der Waals surface area contributed by atoms with Crippen LogP contribution in [-0.2, 0) is 22.8 Å². The smallest absolute Gasteiger partial charge is 0.264 e. The quantitative estimate of drug-likeness (QED) is 0.830. The Morgan fingerprint density at radius 1 is 1.42 bits per heavy atom. The van der Waals surface area contributed by atoms with Gasteiger partial charge in [-0.05, 0) is 30.4 Å². The molecule has 0 radical (unpaired) electrons. The summed E-state index contributed by atoms with van der Waals surface area (Å²) in [6, 6.07) is 1.49. The van der Waals surface area contributed by atoms with Crippen molar-refractivity contribution in [1.82, 2.24) is 14.7 Å². The highest BCUT2D eigenvalue weighted by atomic mass is 32.2. The first-order valence-electron chi connectivity index (χ1n) is 8.05. The highest BCUT2D eigenvalue weighted by Crippen LogP contribution is 2.30. The lowest BCUT2D eigenvalue weighted by Gasteiger charge is -2.35. The van der Waals surface area contributed by atoms with Crippen molar-refractivity contribution in [3.05, 3.63) is 39.8 Å². The molecule has 0 bridgehead atoms. The SMILES string of the molecule is CCc1ccsc1C(=O)N1CCS(=O)(=O)C[C@H]1c1cnn(CC)c1. The largest absolute Gasteiger partial charge is 0.329 e. The molecule has 0 N–H and O–H groups in total. The molecule has 1 saturated heterocycles. The molecule has 2 aromatic heterocycles. The third-order valence-corrected chi connectivity index (χ3v) is 6.95. The number of carbonyl (C=O) groups is 1. The zero-order valence-electron chi connectivity index (χ0n) is 13.8. The summed E-state index contributed by atoms with van der Waals surface area (Å²) in [6.45, 7) is 4.92. The third kappa shape index (κ3) is 3.25. The van der Waals surface area contributed by atoms with Crippen LogP contribution in [0.1, 0.15) is 40.7 Å². The molecule has 0 aromatic carbocycles. The van der Waals surface area contributed by atoms with Gasteiger partial charge in [0, 0.05) is 24.8 Å². The molecule has 1 amide bonds. The lowest BCUT2D eigenvalue weighted by Crippen LogP contribution is -2.46. The minimum absolute atomic E-state index is 0.0178. The van der Waals surface area contributed by atoms with E-state index in [0.29, 0.717) is 11.4 Å². The first kappa shape index (κ1) is 17.2. The highest BCUT2D eigenvalue weighted by molar-refractivity contribution is 7.91. The van der Waals surface area contributed by atoms with Gasteiger partial charge in [-0.3, -0.25) is 9.48 Å². The van der Waals surface area contributed by atoms with E-state index in [1.807, 2.05) is 31.5 Å². The molecule has 1 aliphatic rings. The summed E-state index contributed by atoms with van der Waals surface area (Å²) in [6.07, 6.45) is 4.29. The summed E-state index contributed by atoms with van der Waals surface area (Å²) in [5.74, 6) is -0.101. The molecule has 6 nitrogen and oxygen atoms in total. The van der Waals surface area contributed by atoms with Gasteiger partial charge in [0.15, 0.2) is 9.84 Å². The van der Waals surface area contributed by atoms with Crippen LogP contribution in [0.25, 0.3) is 0 Å². The van der Waals surface area contributed by atoms with Gasteiger partial charge in [-0.1, -0.05) is 6.92 Å². The topological polar surface area (TPSA) is 72.3 Å². The van der Waals surface area contributed by atoms with Crippen LogP contribution in [0, 0.1) is 0 Å². The normalized spacial score (nSPS) is 20.2. The molecule has 3 rings (SSSR count). The van der Waals surface area contributed by atoms with E-state index in [-0.39, 0.29) is 24.0 Å². The molecule has 1 fully saturated rings. The van der Waals surface area contributed by atoms with Crippen molar-refractivity contribution in [3.8, 4) is 0 Å². The molecule has 2 aromatic rings. The number of aromatic nitrogens is 2. The lowest BCUT2D eigenvalue weighted by molar-refractivity contribution is 0.0701. The number of amides is 1. The van der Waals surface area contributed by atoms with E-state index in [1.54, 1.807) is 15.8 Å². The summed E-state index contributed by atoms with van der Waals surface area (Å²) >= 11 is 1.42. The van der Waals surface area contributed by atoms with Crippen LogP contribution in [0.3, 0.4) is 0 Å². The first-order valence-corrected chi connectivity index (χ1v) is 10.8. The van der Waals surface area contributed by atoms with Crippen molar-refractivity contribution in [2.75, 3.05) is 18.1 Å². The molecule has 0 unspecified atom stereocenters. The third-order valence-electron chi connectivity index (χ3n) is 4.38. The molecular formula is C16H21N3O3S2. The lowest BCUT2D eigenvalue weighted by atomic mass is 10.1. The van der Waals surface area contributed by atoms with Crippen molar-refractivity contribution in [1.29, 1.82) is 0 Å². The fourth-order valence-electron chi connectivity index (χ4n) is 2.98. The minimum atomic E-state index is -3.16. The Hall–Kier alpha value is -1.67. The van der Waals surface area contributed by atoms with Gasteiger partial charge in [-0.25, -0.2) is 8.42 Å². The average Bonchev–Trinajstić information content (AvgIpc) is 3.22. The Morgan fingerprint density at radius 3 is 2.88 bits per heavy atom. The average molecular weight is 367 g/mol. The predicted octanol–water partition coefficient (Wildman–Crippen LogP) is 2.14. The van der Waals surface area contributed by atoms with Gasteiger partial charge in [0.2, 0.25) is 0 Å².